The van der Waals surface area contributed by atoms with E-state index in [1.165, 1.54) is 7.11 Å². The molecule has 1 aromatic rings. The van der Waals surface area contributed by atoms with Crippen LogP contribution in [0.1, 0.15) is 25.8 Å². The predicted molar refractivity (Wildman–Crippen MR) is 94.3 cm³/mol. The molecule has 0 amide bonds. The average Bonchev–Trinajstić information content (AvgIpc) is 2.53. The Bertz CT molecular complexity index is 700. The topological polar surface area (TPSA) is 38.7 Å². The van der Waals surface area contributed by atoms with E-state index in [0.717, 1.165) is 11.1 Å². The Labute approximate surface area is 146 Å². The molecule has 2 rings (SSSR count). The SMILES string of the molecule is COC(O)=C1CC=C(C(C)(C)c2ccc(OC)c(Cl)c2)C=C1Cl. The molecule has 0 aliphatic heterocycles. The molecular weight excluding hydrogens is 335 g/mol. The first-order valence-electron chi connectivity index (χ1n) is 7.19. The number of halogens is 2. The largest absolute Gasteiger partial charge is 0.495 e. The lowest BCUT2D eigenvalue weighted by Gasteiger charge is -2.30. The summed E-state index contributed by atoms with van der Waals surface area (Å²) in [6, 6.07) is 5.75. The highest BCUT2D eigenvalue weighted by molar-refractivity contribution is 6.32. The molecular formula is C18H20Cl2O3. The van der Waals surface area contributed by atoms with E-state index in [4.69, 9.17) is 32.7 Å². The molecule has 1 aliphatic carbocycles. The number of hydrogen-bond acceptors (Lipinski definition) is 3. The van der Waals surface area contributed by atoms with Gasteiger partial charge in [0.1, 0.15) is 5.75 Å². The number of benzene rings is 1. The Balaban J connectivity index is 2.38. The zero-order valence-electron chi connectivity index (χ0n) is 13.6. The summed E-state index contributed by atoms with van der Waals surface area (Å²) in [5.74, 6) is 0.500. The van der Waals surface area contributed by atoms with Crippen molar-refractivity contribution in [2.24, 2.45) is 0 Å². The van der Waals surface area contributed by atoms with Crippen LogP contribution in [-0.4, -0.2) is 19.3 Å². The zero-order chi connectivity index (χ0) is 17.2. The molecule has 0 aromatic heterocycles. The minimum atomic E-state index is -0.287. The number of hydrogen-bond donors (Lipinski definition) is 1. The van der Waals surface area contributed by atoms with E-state index < -0.39 is 0 Å². The molecule has 124 valence electrons. The molecule has 0 unspecified atom stereocenters. The lowest BCUT2D eigenvalue weighted by molar-refractivity contribution is 0.131. The number of aliphatic hydroxyl groups is 1. The second-order valence-corrected chi connectivity index (χ2v) is 6.63. The van der Waals surface area contributed by atoms with Crippen LogP contribution in [-0.2, 0) is 10.2 Å². The van der Waals surface area contributed by atoms with Crippen molar-refractivity contribution in [3.05, 3.63) is 63.1 Å². The first-order chi connectivity index (χ1) is 10.8. The van der Waals surface area contributed by atoms with Gasteiger partial charge in [0.15, 0.2) is 0 Å². The van der Waals surface area contributed by atoms with E-state index in [0.29, 0.717) is 27.8 Å². The Morgan fingerprint density at radius 2 is 1.91 bits per heavy atom. The third kappa shape index (κ3) is 3.51. The molecule has 1 aromatic carbocycles. The summed E-state index contributed by atoms with van der Waals surface area (Å²) < 4.78 is 10.1. The van der Waals surface area contributed by atoms with Crippen LogP contribution >= 0.6 is 23.2 Å². The standard InChI is InChI=1S/C18H20Cl2O3/c1-18(2,12-6-8-16(22-3)15(20)10-12)11-5-7-13(14(19)9-11)17(21)23-4/h5-6,8-10,21H,7H2,1-4H3. The fraction of sp³-hybridized carbons (Fsp3) is 0.333. The zero-order valence-corrected chi connectivity index (χ0v) is 15.1. The van der Waals surface area contributed by atoms with Crippen molar-refractivity contribution in [3.8, 4) is 5.75 Å². The number of allylic oxidation sites excluding steroid dienone is 5. The smallest absolute Gasteiger partial charge is 0.281 e. The van der Waals surface area contributed by atoms with E-state index >= 15 is 0 Å². The monoisotopic (exact) mass is 354 g/mol. The molecule has 0 spiro atoms. The molecule has 0 bridgehead atoms. The van der Waals surface area contributed by atoms with Gasteiger partial charge in [-0.3, -0.25) is 0 Å². The summed E-state index contributed by atoms with van der Waals surface area (Å²) in [5, 5.41) is 10.8. The van der Waals surface area contributed by atoms with Crippen LogP contribution in [0.25, 0.3) is 0 Å². The average molecular weight is 355 g/mol. The van der Waals surface area contributed by atoms with Gasteiger partial charge in [-0.1, -0.05) is 49.2 Å². The van der Waals surface area contributed by atoms with Crippen molar-refractivity contribution in [1.82, 2.24) is 0 Å². The van der Waals surface area contributed by atoms with E-state index in [9.17, 15) is 5.11 Å². The molecule has 3 nitrogen and oxygen atoms in total. The highest BCUT2D eigenvalue weighted by Crippen LogP contribution is 2.40. The Morgan fingerprint density at radius 3 is 2.43 bits per heavy atom. The van der Waals surface area contributed by atoms with Crippen molar-refractivity contribution in [3.63, 3.8) is 0 Å². The summed E-state index contributed by atoms with van der Waals surface area (Å²) in [7, 11) is 3.00. The first kappa shape index (κ1) is 17.8. The van der Waals surface area contributed by atoms with E-state index in [1.807, 2.05) is 30.4 Å². The maximum absolute atomic E-state index is 9.72. The van der Waals surface area contributed by atoms with Gasteiger partial charge >= 0.3 is 0 Å². The molecule has 0 saturated heterocycles. The molecule has 1 N–H and O–H groups in total. The van der Waals surface area contributed by atoms with Crippen molar-refractivity contribution < 1.29 is 14.6 Å². The van der Waals surface area contributed by atoms with E-state index in [-0.39, 0.29) is 11.4 Å². The maximum atomic E-state index is 9.72. The molecule has 0 fully saturated rings. The minimum absolute atomic E-state index is 0.146. The Kier molecular flexibility index (Phi) is 5.33. The maximum Gasteiger partial charge on any atom is 0.281 e. The van der Waals surface area contributed by atoms with Gasteiger partial charge in [0.25, 0.3) is 5.95 Å². The number of aliphatic hydroxyl groups excluding tert-OH is 1. The number of rotatable bonds is 4. The Morgan fingerprint density at radius 1 is 1.22 bits per heavy atom. The van der Waals surface area contributed by atoms with Gasteiger partial charge in [-0.05, 0) is 35.8 Å². The molecule has 1 aliphatic rings. The second-order valence-electron chi connectivity index (χ2n) is 5.82. The van der Waals surface area contributed by atoms with Crippen molar-refractivity contribution in [1.29, 1.82) is 0 Å². The summed E-state index contributed by atoms with van der Waals surface area (Å²) in [4.78, 5) is 0. The fourth-order valence-electron chi connectivity index (χ4n) is 2.56. The molecule has 23 heavy (non-hydrogen) atoms. The lowest BCUT2D eigenvalue weighted by atomic mass is 9.75. The molecule has 0 heterocycles. The van der Waals surface area contributed by atoms with Crippen LogP contribution in [0.2, 0.25) is 5.02 Å². The van der Waals surface area contributed by atoms with Gasteiger partial charge in [0.2, 0.25) is 0 Å². The highest BCUT2D eigenvalue weighted by atomic mass is 35.5. The van der Waals surface area contributed by atoms with E-state index in [1.54, 1.807) is 7.11 Å². The van der Waals surface area contributed by atoms with Crippen LogP contribution < -0.4 is 4.74 Å². The van der Waals surface area contributed by atoms with Crippen LogP contribution in [0.15, 0.2) is 52.5 Å². The van der Waals surface area contributed by atoms with Crippen LogP contribution in [0, 0.1) is 0 Å². The fourth-order valence-corrected chi connectivity index (χ4v) is 3.10. The normalized spacial score (nSPS) is 17.3. The Hall–Kier alpha value is -1.58. The summed E-state index contributed by atoms with van der Waals surface area (Å²) in [6.07, 6.45) is 4.40. The van der Waals surface area contributed by atoms with Gasteiger partial charge in [-0.15, -0.1) is 0 Å². The van der Waals surface area contributed by atoms with Crippen LogP contribution in [0.4, 0.5) is 0 Å². The second kappa shape index (κ2) is 6.90. The van der Waals surface area contributed by atoms with E-state index in [2.05, 4.69) is 13.8 Å². The van der Waals surface area contributed by atoms with Gasteiger partial charge in [-0.25, -0.2) is 0 Å². The summed E-state index contributed by atoms with van der Waals surface area (Å²) >= 11 is 12.5. The third-order valence-corrected chi connectivity index (χ3v) is 4.78. The first-order valence-corrected chi connectivity index (χ1v) is 7.95. The summed E-state index contributed by atoms with van der Waals surface area (Å²) in [6.45, 7) is 4.20. The number of methoxy groups -OCH3 is 2. The van der Waals surface area contributed by atoms with Gasteiger partial charge in [-0.2, -0.15) is 0 Å². The highest BCUT2D eigenvalue weighted by Gasteiger charge is 2.28. The van der Waals surface area contributed by atoms with Crippen molar-refractivity contribution in [2.75, 3.05) is 14.2 Å². The van der Waals surface area contributed by atoms with Crippen LogP contribution in [0.5, 0.6) is 5.75 Å². The predicted octanol–water partition coefficient (Wildman–Crippen LogP) is 5.50. The van der Waals surface area contributed by atoms with Gasteiger partial charge in [0, 0.05) is 5.41 Å². The molecule has 5 heteroatoms. The molecule has 0 saturated carbocycles. The minimum Gasteiger partial charge on any atom is -0.495 e. The molecule has 0 atom stereocenters. The van der Waals surface area contributed by atoms with Gasteiger partial charge in [0.05, 0.1) is 29.8 Å². The quantitative estimate of drug-likeness (QED) is 0.726. The molecule has 0 radical (unpaired) electrons. The van der Waals surface area contributed by atoms with Gasteiger partial charge < -0.3 is 14.6 Å². The summed E-state index contributed by atoms with van der Waals surface area (Å²) in [5.41, 5.74) is 2.40. The van der Waals surface area contributed by atoms with Crippen molar-refractivity contribution in [2.45, 2.75) is 25.7 Å². The number of ether oxygens (including phenoxy) is 2. The van der Waals surface area contributed by atoms with Crippen molar-refractivity contribution >= 4 is 23.2 Å². The lowest BCUT2D eigenvalue weighted by Crippen LogP contribution is -2.21. The van der Waals surface area contributed by atoms with Crippen LogP contribution in [0.3, 0.4) is 0 Å². The third-order valence-electron chi connectivity index (χ3n) is 4.14.